The van der Waals surface area contributed by atoms with Crippen molar-refractivity contribution in [3.8, 4) is 16.9 Å². The summed E-state index contributed by atoms with van der Waals surface area (Å²) in [6, 6.07) is 9.17. The van der Waals surface area contributed by atoms with Crippen LogP contribution in [0.15, 0.2) is 42.6 Å². The van der Waals surface area contributed by atoms with E-state index < -0.39 is 12.5 Å². The fraction of sp³-hybridized carbons (Fsp3) is 0.267. The average molecular weight is 297 g/mol. The maximum absolute atomic E-state index is 12.1. The zero-order chi connectivity index (χ0) is 15.5. The van der Waals surface area contributed by atoms with Gasteiger partial charge in [0.1, 0.15) is 5.75 Å². The molecule has 0 aliphatic rings. The number of hydrogen-bond acceptors (Lipinski definition) is 3. The maximum Gasteiger partial charge on any atom is 0.573 e. The van der Waals surface area contributed by atoms with Crippen LogP contribution in [0.1, 0.15) is 12.6 Å². The molecule has 0 radical (unpaired) electrons. The van der Waals surface area contributed by atoms with Gasteiger partial charge < -0.3 is 9.84 Å². The first kappa shape index (κ1) is 15.3. The molecule has 0 aliphatic heterocycles. The molecule has 0 aliphatic carbocycles. The molecule has 1 aromatic carbocycles. The van der Waals surface area contributed by atoms with Crippen LogP contribution in [0.2, 0.25) is 0 Å². The number of nitrogens with zero attached hydrogens (tertiary/aromatic N) is 1. The Balaban J connectivity index is 2.11. The van der Waals surface area contributed by atoms with Gasteiger partial charge in [0.15, 0.2) is 0 Å². The first-order chi connectivity index (χ1) is 9.83. The normalized spacial score (nSPS) is 13.0. The largest absolute Gasteiger partial charge is 0.573 e. The number of hydrogen-bond donors (Lipinski definition) is 1. The lowest BCUT2D eigenvalue weighted by molar-refractivity contribution is -0.274. The first-order valence-electron chi connectivity index (χ1n) is 6.33. The number of halogens is 3. The van der Waals surface area contributed by atoms with Crippen molar-refractivity contribution in [2.24, 2.45) is 0 Å². The molecule has 1 aromatic heterocycles. The zero-order valence-electron chi connectivity index (χ0n) is 11.3. The number of rotatable bonds is 4. The SMILES string of the molecule is CC(O)Cc1ccc(-c2ccc(OC(F)(F)F)cc2)cn1. The molecule has 1 unspecified atom stereocenters. The summed E-state index contributed by atoms with van der Waals surface area (Å²) in [7, 11) is 0. The molecule has 1 atom stereocenters. The number of ether oxygens (including phenoxy) is 1. The Labute approximate surface area is 120 Å². The number of aliphatic hydroxyl groups is 1. The van der Waals surface area contributed by atoms with Gasteiger partial charge in [0.25, 0.3) is 0 Å². The maximum atomic E-state index is 12.1. The third-order valence-electron chi connectivity index (χ3n) is 2.75. The number of alkyl halides is 3. The second-order valence-corrected chi connectivity index (χ2v) is 4.66. The molecule has 0 amide bonds. The average Bonchev–Trinajstić information content (AvgIpc) is 2.38. The quantitative estimate of drug-likeness (QED) is 0.938. The summed E-state index contributed by atoms with van der Waals surface area (Å²) in [5.41, 5.74) is 2.27. The Morgan fingerprint density at radius 2 is 1.71 bits per heavy atom. The second kappa shape index (κ2) is 6.13. The van der Waals surface area contributed by atoms with Crippen molar-refractivity contribution in [1.82, 2.24) is 4.98 Å². The Morgan fingerprint density at radius 1 is 1.10 bits per heavy atom. The molecule has 6 heteroatoms. The third kappa shape index (κ3) is 4.75. The smallest absolute Gasteiger partial charge is 0.406 e. The van der Waals surface area contributed by atoms with E-state index in [-0.39, 0.29) is 5.75 Å². The minimum absolute atomic E-state index is 0.259. The van der Waals surface area contributed by atoms with Crippen LogP contribution in [0.25, 0.3) is 11.1 Å². The van der Waals surface area contributed by atoms with E-state index in [9.17, 15) is 18.3 Å². The van der Waals surface area contributed by atoms with Crippen LogP contribution in [0, 0.1) is 0 Å². The fourth-order valence-corrected chi connectivity index (χ4v) is 1.87. The van der Waals surface area contributed by atoms with Crippen molar-refractivity contribution in [3.63, 3.8) is 0 Å². The van der Waals surface area contributed by atoms with E-state index in [1.54, 1.807) is 19.2 Å². The van der Waals surface area contributed by atoms with Gasteiger partial charge in [-0.3, -0.25) is 4.98 Å². The lowest BCUT2D eigenvalue weighted by Gasteiger charge is -2.09. The van der Waals surface area contributed by atoms with E-state index in [0.29, 0.717) is 6.42 Å². The van der Waals surface area contributed by atoms with Gasteiger partial charge in [0.2, 0.25) is 0 Å². The van der Waals surface area contributed by atoms with Crippen molar-refractivity contribution in [2.75, 3.05) is 0 Å². The number of benzene rings is 1. The summed E-state index contributed by atoms with van der Waals surface area (Å²) >= 11 is 0. The van der Waals surface area contributed by atoms with Crippen LogP contribution in [-0.2, 0) is 6.42 Å². The number of aliphatic hydroxyl groups excluding tert-OH is 1. The van der Waals surface area contributed by atoms with Gasteiger partial charge >= 0.3 is 6.36 Å². The predicted octanol–water partition coefficient (Wildman–Crippen LogP) is 3.57. The van der Waals surface area contributed by atoms with Gasteiger partial charge in [-0.2, -0.15) is 0 Å². The summed E-state index contributed by atoms with van der Waals surface area (Å²) in [4.78, 5) is 4.21. The Hall–Kier alpha value is -2.08. The van der Waals surface area contributed by atoms with Crippen molar-refractivity contribution in [2.45, 2.75) is 25.8 Å². The molecule has 3 nitrogen and oxygen atoms in total. The summed E-state index contributed by atoms with van der Waals surface area (Å²) in [5, 5.41) is 9.27. The van der Waals surface area contributed by atoms with E-state index in [1.807, 2.05) is 6.07 Å². The monoisotopic (exact) mass is 297 g/mol. The molecule has 0 spiro atoms. The molecule has 1 heterocycles. The van der Waals surface area contributed by atoms with E-state index in [4.69, 9.17) is 0 Å². The second-order valence-electron chi connectivity index (χ2n) is 4.66. The van der Waals surface area contributed by atoms with Crippen LogP contribution < -0.4 is 4.74 Å². The fourth-order valence-electron chi connectivity index (χ4n) is 1.87. The highest BCUT2D eigenvalue weighted by molar-refractivity contribution is 5.63. The minimum atomic E-state index is -4.69. The van der Waals surface area contributed by atoms with Crippen molar-refractivity contribution >= 4 is 0 Å². The van der Waals surface area contributed by atoms with Gasteiger partial charge in [-0.25, -0.2) is 0 Å². The standard InChI is InChI=1S/C15H14F3NO2/c1-10(20)8-13-5-2-12(9-19-13)11-3-6-14(7-4-11)21-15(16,17)18/h2-7,9-10,20H,8H2,1H3. The predicted molar refractivity (Wildman–Crippen MR) is 71.7 cm³/mol. The molecular formula is C15H14F3NO2. The molecule has 112 valence electrons. The molecular weight excluding hydrogens is 283 g/mol. The van der Waals surface area contributed by atoms with E-state index in [0.717, 1.165) is 16.8 Å². The summed E-state index contributed by atoms with van der Waals surface area (Å²) < 4.78 is 40.0. The van der Waals surface area contributed by atoms with E-state index in [2.05, 4.69) is 9.72 Å². The lowest BCUT2D eigenvalue weighted by atomic mass is 10.1. The number of aromatic nitrogens is 1. The Kier molecular flexibility index (Phi) is 4.47. The van der Waals surface area contributed by atoms with Crippen molar-refractivity contribution in [1.29, 1.82) is 0 Å². The molecule has 2 rings (SSSR count). The van der Waals surface area contributed by atoms with Crippen LogP contribution in [0.4, 0.5) is 13.2 Å². The van der Waals surface area contributed by atoms with Crippen molar-refractivity contribution in [3.05, 3.63) is 48.3 Å². The number of pyridine rings is 1. The van der Waals surface area contributed by atoms with Crippen LogP contribution >= 0.6 is 0 Å². The highest BCUT2D eigenvalue weighted by Gasteiger charge is 2.30. The molecule has 0 saturated carbocycles. The highest BCUT2D eigenvalue weighted by Crippen LogP contribution is 2.26. The molecule has 21 heavy (non-hydrogen) atoms. The van der Waals surface area contributed by atoms with Crippen molar-refractivity contribution < 1.29 is 23.0 Å². The molecule has 0 bridgehead atoms. The van der Waals surface area contributed by atoms with Gasteiger partial charge in [-0.15, -0.1) is 13.2 Å². The van der Waals surface area contributed by atoms with Crippen LogP contribution in [-0.4, -0.2) is 22.6 Å². The molecule has 1 N–H and O–H groups in total. The van der Waals surface area contributed by atoms with Crippen LogP contribution in [0.3, 0.4) is 0 Å². The summed E-state index contributed by atoms with van der Waals surface area (Å²) in [6.07, 6.45) is -3.08. The Bertz CT molecular complexity index is 577. The van der Waals surface area contributed by atoms with Gasteiger partial charge in [0.05, 0.1) is 6.10 Å². The van der Waals surface area contributed by atoms with Gasteiger partial charge in [-0.05, 0) is 30.7 Å². The third-order valence-corrected chi connectivity index (χ3v) is 2.75. The van der Waals surface area contributed by atoms with Gasteiger partial charge in [0, 0.05) is 23.9 Å². The molecule has 0 fully saturated rings. The summed E-state index contributed by atoms with van der Waals surface area (Å²) in [5.74, 6) is -0.259. The van der Waals surface area contributed by atoms with Gasteiger partial charge in [-0.1, -0.05) is 18.2 Å². The Morgan fingerprint density at radius 3 is 2.19 bits per heavy atom. The van der Waals surface area contributed by atoms with E-state index >= 15 is 0 Å². The topological polar surface area (TPSA) is 42.4 Å². The summed E-state index contributed by atoms with van der Waals surface area (Å²) in [6.45, 7) is 1.68. The van der Waals surface area contributed by atoms with E-state index in [1.165, 1.54) is 24.3 Å². The lowest BCUT2D eigenvalue weighted by Crippen LogP contribution is -2.16. The zero-order valence-corrected chi connectivity index (χ0v) is 11.3. The van der Waals surface area contributed by atoms with Crippen LogP contribution in [0.5, 0.6) is 5.75 Å². The molecule has 2 aromatic rings. The molecule has 0 saturated heterocycles. The minimum Gasteiger partial charge on any atom is -0.406 e. The first-order valence-corrected chi connectivity index (χ1v) is 6.33. The highest BCUT2D eigenvalue weighted by atomic mass is 19.4.